The second-order valence-electron chi connectivity index (χ2n) is 3.36. The lowest BCUT2D eigenvalue weighted by Crippen LogP contribution is -2.50. The van der Waals surface area contributed by atoms with E-state index in [-0.39, 0.29) is 37.2 Å². The first kappa shape index (κ1) is 14.5. The predicted octanol–water partition coefficient (Wildman–Crippen LogP) is 1.09. The molecule has 1 fully saturated rings. The summed E-state index contributed by atoms with van der Waals surface area (Å²) in [5.74, 6) is -0.202. The Hall–Kier alpha value is -0.490. The Morgan fingerprint density at radius 1 is 1.40 bits per heavy atom. The molecule has 0 aromatic carbocycles. The molecule has 1 aliphatic heterocycles. The van der Waals surface area contributed by atoms with Crippen molar-refractivity contribution in [2.24, 2.45) is 5.92 Å². The summed E-state index contributed by atoms with van der Waals surface area (Å²) < 4.78 is 35.1. The molecule has 0 aromatic rings. The number of rotatable bonds is 4. The highest BCUT2D eigenvalue weighted by molar-refractivity contribution is 5.85. The predicted molar refractivity (Wildman–Crippen MR) is 51.9 cm³/mol. The van der Waals surface area contributed by atoms with Crippen molar-refractivity contribution in [1.29, 1.82) is 0 Å². The number of hydrogen-bond donors (Lipinski definition) is 2. The van der Waals surface area contributed by atoms with E-state index in [4.69, 9.17) is 0 Å². The summed E-state index contributed by atoms with van der Waals surface area (Å²) in [6, 6.07) is 0. The third-order valence-corrected chi connectivity index (χ3v) is 2.09. The molecule has 1 heterocycles. The quantitative estimate of drug-likeness (QED) is 0.729. The van der Waals surface area contributed by atoms with E-state index in [1.54, 1.807) is 0 Å². The fraction of sp³-hybridized carbons (Fsp3) is 0.875. The number of alkyl halides is 3. The standard InChI is InChI=1S/C8H13F3N2O.ClH/c9-8(10,11)2-1-3-13-7(14)6-4-12-5-6;/h6,12H,1-5H2,(H,13,14);1H. The van der Waals surface area contributed by atoms with Crippen LogP contribution in [0.4, 0.5) is 13.2 Å². The van der Waals surface area contributed by atoms with Crippen LogP contribution in [0.25, 0.3) is 0 Å². The van der Waals surface area contributed by atoms with Crippen LogP contribution in [-0.4, -0.2) is 31.7 Å². The fourth-order valence-corrected chi connectivity index (χ4v) is 1.12. The van der Waals surface area contributed by atoms with Gasteiger partial charge in [0, 0.05) is 26.1 Å². The largest absolute Gasteiger partial charge is 0.389 e. The molecule has 90 valence electrons. The van der Waals surface area contributed by atoms with Crippen LogP contribution in [0.3, 0.4) is 0 Å². The second kappa shape index (κ2) is 6.17. The number of hydrogen-bond acceptors (Lipinski definition) is 2. The maximum Gasteiger partial charge on any atom is 0.389 e. The van der Waals surface area contributed by atoms with Crippen LogP contribution in [0, 0.1) is 5.92 Å². The summed E-state index contributed by atoms with van der Waals surface area (Å²) in [5.41, 5.74) is 0. The summed E-state index contributed by atoms with van der Waals surface area (Å²) in [4.78, 5) is 11.1. The SMILES string of the molecule is Cl.O=C(NCCCC(F)(F)F)C1CNC1. The summed E-state index contributed by atoms with van der Waals surface area (Å²) >= 11 is 0. The van der Waals surface area contributed by atoms with Gasteiger partial charge in [0.25, 0.3) is 0 Å². The zero-order valence-corrected chi connectivity index (χ0v) is 8.88. The summed E-state index contributed by atoms with van der Waals surface area (Å²) in [5, 5.41) is 5.39. The van der Waals surface area contributed by atoms with Gasteiger partial charge in [0.05, 0.1) is 5.92 Å². The van der Waals surface area contributed by atoms with Gasteiger partial charge < -0.3 is 10.6 Å². The molecule has 1 saturated heterocycles. The van der Waals surface area contributed by atoms with E-state index < -0.39 is 12.6 Å². The molecule has 1 amide bonds. The van der Waals surface area contributed by atoms with Gasteiger partial charge in [0.2, 0.25) is 5.91 Å². The van der Waals surface area contributed by atoms with Gasteiger partial charge >= 0.3 is 6.18 Å². The normalized spacial score (nSPS) is 16.5. The average Bonchev–Trinajstić information content (AvgIpc) is 1.92. The molecule has 3 nitrogen and oxygen atoms in total. The molecule has 7 heteroatoms. The molecule has 0 aromatic heterocycles. The Morgan fingerprint density at radius 2 is 2.00 bits per heavy atom. The Bertz CT molecular complexity index is 207. The Labute approximate surface area is 92.2 Å². The smallest absolute Gasteiger partial charge is 0.356 e. The highest BCUT2D eigenvalue weighted by Crippen LogP contribution is 2.20. The molecule has 0 saturated carbocycles. The van der Waals surface area contributed by atoms with Crippen molar-refractivity contribution in [1.82, 2.24) is 10.6 Å². The van der Waals surface area contributed by atoms with Crippen molar-refractivity contribution >= 4 is 18.3 Å². The minimum Gasteiger partial charge on any atom is -0.356 e. The Balaban J connectivity index is 0.00000196. The van der Waals surface area contributed by atoms with E-state index in [0.717, 1.165) is 0 Å². The fourth-order valence-electron chi connectivity index (χ4n) is 1.12. The van der Waals surface area contributed by atoms with Crippen LogP contribution in [0.5, 0.6) is 0 Å². The molecule has 2 N–H and O–H groups in total. The molecule has 0 aliphatic carbocycles. The van der Waals surface area contributed by atoms with Gasteiger partial charge in [-0.25, -0.2) is 0 Å². The molecule has 0 atom stereocenters. The summed E-state index contributed by atoms with van der Waals surface area (Å²) in [6.45, 7) is 1.37. The molecule has 1 rings (SSSR count). The van der Waals surface area contributed by atoms with Gasteiger partial charge in [-0.05, 0) is 6.42 Å². The van der Waals surface area contributed by atoms with Crippen LogP contribution in [-0.2, 0) is 4.79 Å². The molecule has 0 radical (unpaired) electrons. The van der Waals surface area contributed by atoms with Crippen LogP contribution in [0.1, 0.15) is 12.8 Å². The maximum atomic E-state index is 11.7. The first-order valence-electron chi connectivity index (χ1n) is 4.54. The molecular formula is C8H14ClF3N2O. The highest BCUT2D eigenvalue weighted by atomic mass is 35.5. The topological polar surface area (TPSA) is 41.1 Å². The first-order valence-corrected chi connectivity index (χ1v) is 4.54. The van der Waals surface area contributed by atoms with Crippen molar-refractivity contribution in [2.75, 3.05) is 19.6 Å². The first-order chi connectivity index (χ1) is 6.49. The van der Waals surface area contributed by atoms with Gasteiger partial charge in [0.15, 0.2) is 0 Å². The van der Waals surface area contributed by atoms with Gasteiger partial charge in [-0.2, -0.15) is 13.2 Å². The number of nitrogens with one attached hydrogen (secondary N) is 2. The van der Waals surface area contributed by atoms with E-state index >= 15 is 0 Å². The van der Waals surface area contributed by atoms with Crippen LogP contribution in [0.15, 0.2) is 0 Å². The Morgan fingerprint density at radius 3 is 2.40 bits per heavy atom. The second-order valence-corrected chi connectivity index (χ2v) is 3.36. The molecule has 0 spiro atoms. The van der Waals surface area contributed by atoms with Crippen molar-refractivity contribution in [2.45, 2.75) is 19.0 Å². The van der Waals surface area contributed by atoms with Crippen molar-refractivity contribution in [3.63, 3.8) is 0 Å². The molecule has 15 heavy (non-hydrogen) atoms. The van der Waals surface area contributed by atoms with E-state index in [1.807, 2.05) is 0 Å². The van der Waals surface area contributed by atoms with Crippen LogP contribution < -0.4 is 10.6 Å². The van der Waals surface area contributed by atoms with E-state index in [9.17, 15) is 18.0 Å². The lowest BCUT2D eigenvalue weighted by atomic mass is 10.0. The summed E-state index contributed by atoms with van der Waals surface area (Å²) in [7, 11) is 0. The number of halogens is 4. The number of carbonyl (C=O) groups is 1. The lowest BCUT2D eigenvalue weighted by Gasteiger charge is -2.25. The molecule has 1 aliphatic rings. The van der Waals surface area contributed by atoms with Gasteiger partial charge in [0.1, 0.15) is 0 Å². The van der Waals surface area contributed by atoms with Crippen LogP contribution in [0.2, 0.25) is 0 Å². The van der Waals surface area contributed by atoms with E-state index in [1.165, 1.54) is 0 Å². The maximum absolute atomic E-state index is 11.7. The summed E-state index contributed by atoms with van der Waals surface area (Å²) in [6.07, 6.45) is -5.01. The zero-order chi connectivity index (χ0) is 10.6. The van der Waals surface area contributed by atoms with Gasteiger partial charge in [-0.1, -0.05) is 0 Å². The monoisotopic (exact) mass is 246 g/mol. The minimum atomic E-state index is -4.12. The van der Waals surface area contributed by atoms with E-state index in [0.29, 0.717) is 13.1 Å². The zero-order valence-electron chi connectivity index (χ0n) is 8.06. The van der Waals surface area contributed by atoms with E-state index in [2.05, 4.69) is 10.6 Å². The van der Waals surface area contributed by atoms with Crippen molar-refractivity contribution in [3.8, 4) is 0 Å². The lowest BCUT2D eigenvalue weighted by molar-refractivity contribution is -0.136. The van der Waals surface area contributed by atoms with Crippen molar-refractivity contribution in [3.05, 3.63) is 0 Å². The number of amides is 1. The molecule has 0 bridgehead atoms. The highest BCUT2D eigenvalue weighted by Gasteiger charge is 2.27. The third kappa shape index (κ3) is 5.84. The average molecular weight is 247 g/mol. The van der Waals surface area contributed by atoms with Gasteiger partial charge in [-0.15, -0.1) is 12.4 Å². The molecule has 0 unspecified atom stereocenters. The van der Waals surface area contributed by atoms with Crippen LogP contribution >= 0.6 is 12.4 Å². The van der Waals surface area contributed by atoms with Crippen molar-refractivity contribution < 1.29 is 18.0 Å². The third-order valence-electron chi connectivity index (χ3n) is 2.09. The minimum absolute atomic E-state index is 0. The Kier molecular flexibility index (Phi) is 5.97. The molecular weight excluding hydrogens is 233 g/mol. The number of carbonyl (C=O) groups excluding carboxylic acids is 1. The van der Waals surface area contributed by atoms with Gasteiger partial charge in [-0.3, -0.25) is 4.79 Å².